The molecule has 1 saturated carbocycles. The Labute approximate surface area is 242 Å². The van der Waals surface area contributed by atoms with Crippen molar-refractivity contribution in [3.05, 3.63) is 40.5 Å². The molecular formula is C28H32Cl2N4O6. The molecule has 3 aromatic rings. The Kier molecular flexibility index (Phi) is 8.80. The Morgan fingerprint density at radius 2 is 1.62 bits per heavy atom. The van der Waals surface area contributed by atoms with Crippen LogP contribution in [0.25, 0.3) is 22.0 Å². The van der Waals surface area contributed by atoms with Crippen LogP contribution in [0.3, 0.4) is 0 Å². The number of esters is 1. The van der Waals surface area contributed by atoms with Crippen LogP contribution >= 0.6 is 23.2 Å². The average molecular weight is 591 g/mol. The van der Waals surface area contributed by atoms with Crippen molar-refractivity contribution >= 4 is 52.1 Å². The fraction of sp³-hybridized carbons (Fsp3) is 0.429. The SMILES string of the molecule is COC(=O)C1CC(Nc2ncc3cc(-c4c(Cl)c(OC)cc(OC)c4Cl)ccc3n2)[C@@H](NC(=O)OC(C)(C)C)C1. The van der Waals surface area contributed by atoms with Crippen LogP contribution in [0.2, 0.25) is 10.0 Å². The normalized spacial score (nSPS) is 18.8. The van der Waals surface area contributed by atoms with E-state index >= 15 is 0 Å². The predicted molar refractivity (Wildman–Crippen MR) is 153 cm³/mol. The number of carbonyl (C=O) groups excluding carboxylic acids is 2. The van der Waals surface area contributed by atoms with Gasteiger partial charge in [-0.2, -0.15) is 0 Å². The van der Waals surface area contributed by atoms with Crippen LogP contribution in [0, 0.1) is 5.92 Å². The summed E-state index contributed by atoms with van der Waals surface area (Å²) in [5.41, 5.74) is 1.32. The molecule has 0 aliphatic heterocycles. The van der Waals surface area contributed by atoms with Crippen molar-refractivity contribution in [2.45, 2.75) is 51.3 Å². The number of rotatable bonds is 7. The van der Waals surface area contributed by atoms with Crippen LogP contribution in [-0.2, 0) is 14.3 Å². The minimum Gasteiger partial charge on any atom is -0.495 e. The molecule has 4 rings (SSSR count). The van der Waals surface area contributed by atoms with Crippen LogP contribution in [0.4, 0.5) is 10.7 Å². The maximum atomic E-state index is 12.5. The zero-order valence-corrected chi connectivity index (χ0v) is 24.6. The largest absolute Gasteiger partial charge is 0.495 e. The second-order valence-electron chi connectivity index (χ2n) is 10.4. The second-order valence-corrected chi connectivity index (χ2v) is 11.2. The third-order valence-electron chi connectivity index (χ3n) is 6.56. The number of benzene rings is 2. The van der Waals surface area contributed by atoms with Crippen molar-refractivity contribution in [3.63, 3.8) is 0 Å². The van der Waals surface area contributed by atoms with Gasteiger partial charge in [-0.05, 0) is 51.3 Å². The van der Waals surface area contributed by atoms with E-state index in [-0.39, 0.29) is 17.9 Å². The lowest BCUT2D eigenvalue weighted by molar-refractivity contribution is -0.145. The molecule has 0 radical (unpaired) electrons. The first-order valence-corrected chi connectivity index (χ1v) is 13.4. The quantitative estimate of drug-likeness (QED) is 0.325. The van der Waals surface area contributed by atoms with Crippen LogP contribution in [0.5, 0.6) is 11.5 Å². The molecule has 1 fully saturated rings. The van der Waals surface area contributed by atoms with Gasteiger partial charge in [-0.1, -0.05) is 29.3 Å². The topological polar surface area (TPSA) is 121 Å². The Balaban J connectivity index is 1.60. The van der Waals surface area contributed by atoms with Gasteiger partial charge in [-0.3, -0.25) is 4.79 Å². The Morgan fingerprint density at radius 1 is 0.975 bits per heavy atom. The fourth-order valence-corrected chi connectivity index (χ4v) is 5.46. The molecule has 1 heterocycles. The number of ether oxygens (including phenoxy) is 4. The molecule has 214 valence electrons. The molecule has 12 heteroatoms. The van der Waals surface area contributed by atoms with E-state index in [0.717, 1.165) is 10.9 Å². The molecule has 3 atom stereocenters. The number of carbonyl (C=O) groups is 2. The number of halogens is 2. The molecule has 2 aromatic carbocycles. The number of nitrogens with one attached hydrogen (secondary N) is 2. The van der Waals surface area contributed by atoms with Crippen molar-refractivity contribution in [1.82, 2.24) is 15.3 Å². The van der Waals surface area contributed by atoms with Crippen molar-refractivity contribution in [2.75, 3.05) is 26.6 Å². The third-order valence-corrected chi connectivity index (χ3v) is 7.31. The number of nitrogens with zero attached hydrogens (tertiary/aromatic N) is 2. The summed E-state index contributed by atoms with van der Waals surface area (Å²) in [5.74, 6) is 0.500. The highest BCUT2D eigenvalue weighted by atomic mass is 35.5. The number of fused-ring (bicyclic) bond motifs is 1. The highest BCUT2D eigenvalue weighted by Gasteiger charge is 2.40. The Hall–Kier alpha value is -3.50. The number of alkyl carbamates (subject to hydrolysis) is 1. The first kappa shape index (κ1) is 29.5. The van der Waals surface area contributed by atoms with E-state index in [1.165, 1.54) is 21.3 Å². The van der Waals surface area contributed by atoms with Gasteiger partial charge < -0.3 is 29.6 Å². The van der Waals surface area contributed by atoms with E-state index in [9.17, 15) is 9.59 Å². The molecule has 1 aromatic heterocycles. The highest BCUT2D eigenvalue weighted by molar-refractivity contribution is 6.41. The van der Waals surface area contributed by atoms with Gasteiger partial charge in [0.15, 0.2) is 0 Å². The van der Waals surface area contributed by atoms with Gasteiger partial charge in [-0.25, -0.2) is 14.8 Å². The van der Waals surface area contributed by atoms with Gasteiger partial charge in [0.2, 0.25) is 5.95 Å². The second kappa shape index (κ2) is 11.9. The first-order valence-electron chi connectivity index (χ1n) is 12.6. The molecule has 10 nitrogen and oxygen atoms in total. The molecular weight excluding hydrogens is 559 g/mol. The minimum atomic E-state index is -0.655. The van der Waals surface area contributed by atoms with Gasteiger partial charge >= 0.3 is 12.1 Å². The number of hydrogen-bond acceptors (Lipinski definition) is 9. The molecule has 1 aliphatic carbocycles. The van der Waals surface area contributed by atoms with E-state index in [2.05, 4.69) is 20.6 Å². The van der Waals surface area contributed by atoms with Crippen LogP contribution < -0.4 is 20.1 Å². The van der Waals surface area contributed by atoms with E-state index in [0.29, 0.717) is 51.4 Å². The zero-order valence-electron chi connectivity index (χ0n) is 23.1. The zero-order chi connectivity index (χ0) is 29.2. The lowest BCUT2D eigenvalue weighted by atomic mass is 10.0. The number of methoxy groups -OCH3 is 3. The lowest BCUT2D eigenvalue weighted by Gasteiger charge is -2.25. The molecule has 2 unspecified atom stereocenters. The molecule has 0 spiro atoms. The molecule has 2 N–H and O–H groups in total. The summed E-state index contributed by atoms with van der Waals surface area (Å²) in [4.78, 5) is 33.9. The molecule has 40 heavy (non-hydrogen) atoms. The number of amides is 1. The van der Waals surface area contributed by atoms with Crippen LogP contribution in [0.15, 0.2) is 30.5 Å². The number of aromatic nitrogens is 2. The summed E-state index contributed by atoms with van der Waals surface area (Å²) in [7, 11) is 4.39. The van der Waals surface area contributed by atoms with Crippen LogP contribution in [-0.4, -0.2) is 61.0 Å². The van der Waals surface area contributed by atoms with Crippen molar-refractivity contribution in [3.8, 4) is 22.6 Å². The van der Waals surface area contributed by atoms with Crippen molar-refractivity contribution in [2.24, 2.45) is 5.92 Å². The number of hydrogen-bond donors (Lipinski definition) is 2. The van der Waals surface area contributed by atoms with Crippen LogP contribution in [0.1, 0.15) is 33.6 Å². The van der Waals surface area contributed by atoms with Gasteiger partial charge in [0.25, 0.3) is 0 Å². The summed E-state index contributed by atoms with van der Waals surface area (Å²) in [6, 6.07) is 6.47. The average Bonchev–Trinajstić information content (AvgIpc) is 3.29. The maximum absolute atomic E-state index is 12.5. The van der Waals surface area contributed by atoms with E-state index < -0.39 is 17.7 Å². The fourth-order valence-electron chi connectivity index (χ4n) is 4.74. The maximum Gasteiger partial charge on any atom is 0.407 e. The van der Waals surface area contributed by atoms with Gasteiger partial charge in [0.1, 0.15) is 17.1 Å². The lowest BCUT2D eigenvalue weighted by Crippen LogP contribution is -2.45. The minimum absolute atomic E-state index is 0.324. The molecule has 1 amide bonds. The third kappa shape index (κ3) is 6.45. The standard InChI is InChI=1S/C28H32Cl2N4O6/c1-28(2,3)40-27(36)34-19-11-15(25(35)39-6)10-18(19)33-26-31-13-16-9-14(7-8-17(16)32-26)22-23(29)20(37-4)12-21(38-5)24(22)30/h7-9,12-13,15,18-19H,10-11H2,1-6H3,(H,34,36)(H,31,32,33)/t15?,18?,19-/m0/s1. The smallest absolute Gasteiger partial charge is 0.407 e. The highest BCUT2D eigenvalue weighted by Crippen LogP contribution is 2.46. The van der Waals surface area contributed by atoms with E-state index in [1.807, 2.05) is 18.2 Å². The van der Waals surface area contributed by atoms with Crippen molar-refractivity contribution < 1.29 is 28.5 Å². The summed E-state index contributed by atoms with van der Waals surface area (Å²) in [6.07, 6.45) is 1.94. The first-order chi connectivity index (χ1) is 18.9. The summed E-state index contributed by atoms with van der Waals surface area (Å²) in [6.45, 7) is 5.36. The Bertz CT molecular complexity index is 1400. The summed E-state index contributed by atoms with van der Waals surface area (Å²) in [5, 5.41) is 7.62. The van der Waals surface area contributed by atoms with Gasteiger partial charge in [0, 0.05) is 23.2 Å². The molecule has 0 saturated heterocycles. The summed E-state index contributed by atoms with van der Waals surface area (Å²) >= 11 is 13.2. The number of anilines is 1. The van der Waals surface area contributed by atoms with Gasteiger partial charge in [-0.15, -0.1) is 0 Å². The van der Waals surface area contributed by atoms with Gasteiger partial charge in [0.05, 0.1) is 54.9 Å². The molecule has 0 bridgehead atoms. The summed E-state index contributed by atoms with van der Waals surface area (Å²) < 4.78 is 21.1. The monoisotopic (exact) mass is 590 g/mol. The molecule has 1 aliphatic rings. The predicted octanol–water partition coefficient (Wildman–Crippen LogP) is 5.88. The van der Waals surface area contributed by atoms with E-state index in [4.69, 9.17) is 42.1 Å². The van der Waals surface area contributed by atoms with E-state index in [1.54, 1.807) is 33.0 Å². The Morgan fingerprint density at radius 3 is 2.23 bits per heavy atom. The van der Waals surface area contributed by atoms with Crippen molar-refractivity contribution in [1.29, 1.82) is 0 Å².